The minimum absolute atomic E-state index is 0.733. The maximum absolute atomic E-state index is 9.03. The minimum Gasteiger partial charge on any atom is -0.327 e. The standard InChI is InChI=1S/C19H18N4/c20-13-15-4-3-5-16(12-15)14-22-9-8-19-21-17-6-1-2-7-18(17)23(19)11-10-22/h1-7,12H,8-11,14H2. The van der Waals surface area contributed by atoms with Gasteiger partial charge in [0.2, 0.25) is 0 Å². The highest BCUT2D eigenvalue weighted by Crippen LogP contribution is 2.19. The maximum Gasteiger partial charge on any atom is 0.111 e. The minimum atomic E-state index is 0.733. The molecule has 0 amide bonds. The van der Waals surface area contributed by atoms with Crippen LogP contribution < -0.4 is 0 Å². The highest BCUT2D eigenvalue weighted by molar-refractivity contribution is 5.75. The van der Waals surface area contributed by atoms with Gasteiger partial charge < -0.3 is 4.57 Å². The first-order valence-electron chi connectivity index (χ1n) is 7.99. The number of benzene rings is 2. The van der Waals surface area contributed by atoms with Crippen molar-refractivity contribution in [1.82, 2.24) is 14.5 Å². The lowest BCUT2D eigenvalue weighted by Gasteiger charge is -2.19. The fourth-order valence-corrected chi connectivity index (χ4v) is 3.33. The summed E-state index contributed by atoms with van der Waals surface area (Å²) < 4.78 is 2.35. The Labute approximate surface area is 135 Å². The molecule has 0 aliphatic carbocycles. The van der Waals surface area contributed by atoms with Gasteiger partial charge in [-0.2, -0.15) is 5.26 Å². The molecule has 2 heterocycles. The number of fused-ring (bicyclic) bond motifs is 3. The SMILES string of the molecule is N#Cc1cccc(CN2CCc3nc4ccccc4n3CC2)c1. The molecule has 4 heteroatoms. The van der Waals surface area contributed by atoms with Gasteiger partial charge in [0.15, 0.2) is 0 Å². The molecule has 4 rings (SSSR count). The number of hydrogen-bond acceptors (Lipinski definition) is 3. The van der Waals surface area contributed by atoms with Gasteiger partial charge in [0.1, 0.15) is 5.82 Å². The zero-order chi connectivity index (χ0) is 15.6. The molecule has 1 aromatic heterocycles. The summed E-state index contributed by atoms with van der Waals surface area (Å²) in [5.41, 5.74) is 4.26. The highest BCUT2D eigenvalue weighted by Gasteiger charge is 2.17. The van der Waals surface area contributed by atoms with Crippen molar-refractivity contribution in [1.29, 1.82) is 5.26 Å². The molecular weight excluding hydrogens is 284 g/mol. The summed E-state index contributed by atoms with van der Waals surface area (Å²) in [5.74, 6) is 1.18. The summed E-state index contributed by atoms with van der Waals surface area (Å²) >= 11 is 0. The maximum atomic E-state index is 9.03. The number of hydrogen-bond donors (Lipinski definition) is 0. The Morgan fingerprint density at radius 2 is 1.96 bits per heavy atom. The molecule has 0 N–H and O–H groups in total. The monoisotopic (exact) mass is 302 g/mol. The van der Waals surface area contributed by atoms with Gasteiger partial charge in [-0.05, 0) is 29.8 Å². The summed E-state index contributed by atoms with van der Waals surface area (Å²) in [6.45, 7) is 3.86. The molecule has 2 aromatic carbocycles. The van der Waals surface area contributed by atoms with Crippen LogP contribution in [0.5, 0.6) is 0 Å². The van der Waals surface area contributed by atoms with E-state index >= 15 is 0 Å². The average Bonchev–Trinajstić information content (AvgIpc) is 2.83. The normalized spacial score (nSPS) is 15.1. The number of aromatic nitrogens is 2. The van der Waals surface area contributed by atoms with Crippen LogP contribution in [-0.2, 0) is 19.5 Å². The Hall–Kier alpha value is -2.64. The third-order valence-corrected chi connectivity index (χ3v) is 4.49. The molecule has 1 aliphatic rings. The summed E-state index contributed by atoms with van der Waals surface area (Å²) in [6, 6.07) is 18.5. The fraction of sp³-hybridized carbons (Fsp3) is 0.263. The lowest BCUT2D eigenvalue weighted by molar-refractivity contribution is 0.272. The van der Waals surface area contributed by atoms with E-state index in [1.807, 2.05) is 24.3 Å². The Bertz CT molecular complexity index is 888. The van der Waals surface area contributed by atoms with Crippen LogP contribution in [0.15, 0.2) is 48.5 Å². The molecule has 114 valence electrons. The zero-order valence-corrected chi connectivity index (χ0v) is 12.9. The molecule has 23 heavy (non-hydrogen) atoms. The van der Waals surface area contributed by atoms with E-state index < -0.39 is 0 Å². The molecule has 0 bridgehead atoms. The van der Waals surface area contributed by atoms with E-state index in [2.05, 4.69) is 39.8 Å². The van der Waals surface area contributed by atoms with Crippen molar-refractivity contribution in [2.75, 3.05) is 13.1 Å². The van der Waals surface area contributed by atoms with Gasteiger partial charge in [-0.1, -0.05) is 24.3 Å². The first-order valence-corrected chi connectivity index (χ1v) is 7.99. The lowest BCUT2D eigenvalue weighted by Crippen LogP contribution is -2.26. The predicted octanol–water partition coefficient (Wildman–Crippen LogP) is 2.97. The van der Waals surface area contributed by atoms with Gasteiger partial charge in [0, 0.05) is 32.6 Å². The van der Waals surface area contributed by atoms with Crippen LogP contribution in [0.1, 0.15) is 17.0 Å². The van der Waals surface area contributed by atoms with Crippen molar-refractivity contribution in [3.63, 3.8) is 0 Å². The second kappa shape index (κ2) is 5.86. The van der Waals surface area contributed by atoms with Crippen molar-refractivity contribution in [2.45, 2.75) is 19.5 Å². The Balaban J connectivity index is 1.53. The van der Waals surface area contributed by atoms with Crippen LogP contribution in [0.25, 0.3) is 11.0 Å². The van der Waals surface area contributed by atoms with Crippen LogP contribution in [0.4, 0.5) is 0 Å². The number of nitriles is 1. The summed E-state index contributed by atoms with van der Waals surface area (Å²) in [6.07, 6.45) is 0.965. The predicted molar refractivity (Wildman–Crippen MR) is 89.9 cm³/mol. The Morgan fingerprint density at radius 3 is 2.87 bits per heavy atom. The van der Waals surface area contributed by atoms with Crippen molar-refractivity contribution in [3.05, 3.63) is 65.5 Å². The van der Waals surface area contributed by atoms with E-state index in [0.717, 1.165) is 43.7 Å². The number of rotatable bonds is 2. The van der Waals surface area contributed by atoms with Crippen molar-refractivity contribution in [2.24, 2.45) is 0 Å². The third kappa shape index (κ3) is 2.71. The van der Waals surface area contributed by atoms with Gasteiger partial charge in [-0.3, -0.25) is 4.90 Å². The summed E-state index contributed by atoms with van der Waals surface area (Å²) in [7, 11) is 0. The highest BCUT2D eigenvalue weighted by atomic mass is 15.2. The molecule has 3 aromatic rings. The van der Waals surface area contributed by atoms with Crippen LogP contribution >= 0.6 is 0 Å². The zero-order valence-electron chi connectivity index (χ0n) is 12.9. The van der Waals surface area contributed by atoms with Gasteiger partial charge in [-0.15, -0.1) is 0 Å². The fourth-order valence-electron chi connectivity index (χ4n) is 3.33. The first kappa shape index (κ1) is 14.0. The van der Waals surface area contributed by atoms with Crippen LogP contribution in [-0.4, -0.2) is 27.5 Å². The second-order valence-corrected chi connectivity index (χ2v) is 6.01. The van der Waals surface area contributed by atoms with E-state index in [9.17, 15) is 0 Å². The number of nitrogens with zero attached hydrogens (tertiary/aromatic N) is 4. The molecular formula is C19H18N4. The first-order chi connectivity index (χ1) is 11.3. The van der Waals surface area contributed by atoms with Crippen molar-refractivity contribution >= 4 is 11.0 Å². The number of para-hydroxylation sites is 2. The van der Waals surface area contributed by atoms with E-state index in [-0.39, 0.29) is 0 Å². The molecule has 0 unspecified atom stereocenters. The largest absolute Gasteiger partial charge is 0.327 e. The average molecular weight is 302 g/mol. The summed E-state index contributed by atoms with van der Waals surface area (Å²) in [4.78, 5) is 7.22. The molecule has 4 nitrogen and oxygen atoms in total. The third-order valence-electron chi connectivity index (χ3n) is 4.49. The van der Waals surface area contributed by atoms with Crippen LogP contribution in [0.2, 0.25) is 0 Å². The van der Waals surface area contributed by atoms with E-state index in [1.165, 1.54) is 16.9 Å². The van der Waals surface area contributed by atoms with Gasteiger partial charge in [0.25, 0.3) is 0 Å². The van der Waals surface area contributed by atoms with Crippen LogP contribution in [0.3, 0.4) is 0 Å². The van der Waals surface area contributed by atoms with Crippen molar-refractivity contribution < 1.29 is 0 Å². The smallest absolute Gasteiger partial charge is 0.111 e. The number of imidazole rings is 1. The van der Waals surface area contributed by atoms with Crippen LogP contribution in [0, 0.1) is 11.3 Å². The Morgan fingerprint density at radius 1 is 1.04 bits per heavy atom. The topological polar surface area (TPSA) is 44.9 Å². The van der Waals surface area contributed by atoms with Gasteiger partial charge in [-0.25, -0.2) is 4.98 Å². The molecule has 1 aliphatic heterocycles. The van der Waals surface area contributed by atoms with Crippen molar-refractivity contribution in [3.8, 4) is 6.07 Å². The van der Waals surface area contributed by atoms with Gasteiger partial charge >= 0.3 is 0 Å². The quantitative estimate of drug-likeness (QED) is 0.731. The molecule has 0 radical (unpaired) electrons. The molecule has 0 spiro atoms. The molecule has 0 saturated heterocycles. The summed E-state index contributed by atoms with van der Waals surface area (Å²) in [5, 5.41) is 9.03. The molecule has 0 atom stereocenters. The molecule has 0 fully saturated rings. The van der Waals surface area contributed by atoms with E-state index in [1.54, 1.807) is 0 Å². The molecule has 0 saturated carbocycles. The second-order valence-electron chi connectivity index (χ2n) is 6.01. The van der Waals surface area contributed by atoms with Gasteiger partial charge in [0.05, 0.1) is 22.7 Å². The lowest BCUT2D eigenvalue weighted by atomic mass is 10.1. The van der Waals surface area contributed by atoms with E-state index in [4.69, 9.17) is 10.2 Å². The van der Waals surface area contributed by atoms with E-state index in [0.29, 0.717) is 0 Å². The Kier molecular flexibility index (Phi) is 3.57.